The Bertz CT molecular complexity index is 606. The fourth-order valence-electron chi connectivity index (χ4n) is 3.09. The number of esters is 1. The van der Waals surface area contributed by atoms with Crippen LogP contribution < -0.4 is 10.6 Å². The van der Waals surface area contributed by atoms with E-state index in [1.807, 2.05) is 30.3 Å². The number of ether oxygens (including phenoxy) is 1. The van der Waals surface area contributed by atoms with Crippen molar-refractivity contribution >= 4 is 29.2 Å². The van der Waals surface area contributed by atoms with E-state index in [1.54, 1.807) is 0 Å². The van der Waals surface area contributed by atoms with Gasteiger partial charge in [0.1, 0.15) is 6.10 Å². The Kier molecular flexibility index (Phi) is 8.54. The Morgan fingerprint density at radius 1 is 1.23 bits per heavy atom. The summed E-state index contributed by atoms with van der Waals surface area (Å²) in [7, 11) is 0. The van der Waals surface area contributed by atoms with Crippen LogP contribution in [0.15, 0.2) is 30.3 Å². The lowest BCUT2D eigenvalue weighted by Crippen LogP contribution is -2.39. The summed E-state index contributed by atoms with van der Waals surface area (Å²) in [6.45, 7) is 2.72. The number of hydrogen-bond acceptors (Lipinski definition) is 4. The fraction of sp³-hybridized carbons (Fsp3) is 0.550. The van der Waals surface area contributed by atoms with Crippen LogP contribution in [0.2, 0.25) is 0 Å². The second-order valence-corrected chi connectivity index (χ2v) is 7.17. The second kappa shape index (κ2) is 10.9. The molecule has 1 aliphatic rings. The molecule has 0 bridgehead atoms. The largest absolute Gasteiger partial charge is 0.462 e. The molecule has 1 aliphatic heterocycles. The molecule has 0 spiro atoms. The van der Waals surface area contributed by atoms with Gasteiger partial charge in [-0.3, -0.25) is 9.59 Å². The van der Waals surface area contributed by atoms with E-state index in [0.29, 0.717) is 13.0 Å². The summed E-state index contributed by atoms with van der Waals surface area (Å²) in [5, 5.41) is 5.92. The van der Waals surface area contributed by atoms with Gasteiger partial charge in [-0.2, -0.15) is 0 Å². The third-order valence-corrected chi connectivity index (χ3v) is 4.77. The molecule has 2 atom stereocenters. The van der Waals surface area contributed by atoms with Gasteiger partial charge in [-0.15, -0.1) is 0 Å². The monoisotopic (exact) mass is 376 g/mol. The molecule has 5 nitrogen and oxygen atoms in total. The quantitative estimate of drug-likeness (QED) is 0.392. The Balaban J connectivity index is 1.66. The zero-order valence-electron chi connectivity index (χ0n) is 15.3. The Morgan fingerprint density at radius 3 is 2.73 bits per heavy atom. The number of benzene rings is 1. The van der Waals surface area contributed by atoms with E-state index in [1.165, 1.54) is 12.8 Å². The van der Waals surface area contributed by atoms with E-state index < -0.39 is 0 Å². The Labute approximate surface area is 160 Å². The third kappa shape index (κ3) is 7.12. The molecular weight excluding hydrogens is 348 g/mol. The van der Waals surface area contributed by atoms with Crippen molar-refractivity contribution < 1.29 is 14.3 Å². The summed E-state index contributed by atoms with van der Waals surface area (Å²) >= 11 is 5.15. The van der Waals surface area contributed by atoms with Crippen molar-refractivity contribution in [2.45, 2.75) is 64.5 Å². The summed E-state index contributed by atoms with van der Waals surface area (Å²) in [6, 6.07) is 9.80. The first kappa shape index (κ1) is 20.4. The Morgan fingerprint density at radius 2 is 2.00 bits per heavy atom. The molecule has 1 amide bonds. The predicted molar refractivity (Wildman–Crippen MR) is 105 cm³/mol. The molecular formula is C20H28N2O3S. The van der Waals surface area contributed by atoms with E-state index in [0.717, 1.165) is 24.8 Å². The molecule has 142 valence electrons. The van der Waals surface area contributed by atoms with Crippen molar-refractivity contribution in [3.8, 4) is 0 Å². The minimum atomic E-state index is -0.358. The van der Waals surface area contributed by atoms with Crippen LogP contribution in [0.1, 0.15) is 57.4 Å². The molecule has 1 saturated heterocycles. The van der Waals surface area contributed by atoms with E-state index in [9.17, 15) is 9.59 Å². The van der Waals surface area contributed by atoms with Crippen LogP contribution in [0.25, 0.3) is 0 Å². The lowest BCUT2D eigenvalue weighted by molar-refractivity contribution is -0.145. The number of nitrogens with one attached hydrogen (secondary N) is 2. The topological polar surface area (TPSA) is 67.4 Å². The summed E-state index contributed by atoms with van der Waals surface area (Å²) < 4.78 is 5.40. The number of carbonyl (C=O) groups is 2. The number of amides is 1. The van der Waals surface area contributed by atoms with Gasteiger partial charge in [-0.1, -0.05) is 56.5 Å². The highest BCUT2D eigenvalue weighted by molar-refractivity contribution is 7.80. The van der Waals surface area contributed by atoms with Gasteiger partial charge in [-0.05, 0) is 37.0 Å². The van der Waals surface area contributed by atoms with Crippen molar-refractivity contribution in [1.29, 1.82) is 0 Å². The summed E-state index contributed by atoms with van der Waals surface area (Å²) in [6.07, 6.45) is 6.22. The van der Waals surface area contributed by atoms with Crippen molar-refractivity contribution in [2.24, 2.45) is 5.92 Å². The van der Waals surface area contributed by atoms with Gasteiger partial charge >= 0.3 is 5.97 Å². The van der Waals surface area contributed by atoms with Gasteiger partial charge < -0.3 is 15.4 Å². The average molecular weight is 377 g/mol. The SMILES string of the molecule is CCCCCCC1CC(CC(=O)NC(=S)NCc2ccccc2)C(=O)O1. The lowest BCUT2D eigenvalue weighted by Gasteiger charge is -2.11. The van der Waals surface area contributed by atoms with Crippen LogP contribution in [-0.4, -0.2) is 23.1 Å². The first-order chi connectivity index (χ1) is 12.6. The molecule has 1 aromatic rings. The molecule has 6 heteroatoms. The smallest absolute Gasteiger partial charge is 0.309 e. The van der Waals surface area contributed by atoms with Crippen molar-refractivity contribution in [2.75, 3.05) is 0 Å². The summed E-state index contributed by atoms with van der Waals surface area (Å²) in [5.74, 6) is -0.865. The number of cyclic esters (lactones) is 1. The van der Waals surface area contributed by atoms with Gasteiger partial charge in [0.15, 0.2) is 5.11 Å². The highest BCUT2D eigenvalue weighted by atomic mass is 32.1. The van der Waals surface area contributed by atoms with Gasteiger partial charge in [-0.25, -0.2) is 0 Å². The molecule has 0 saturated carbocycles. The maximum Gasteiger partial charge on any atom is 0.309 e. The van der Waals surface area contributed by atoms with Gasteiger partial charge in [0, 0.05) is 13.0 Å². The predicted octanol–water partition coefficient (Wildman–Crippen LogP) is 3.47. The van der Waals surface area contributed by atoms with Gasteiger partial charge in [0.25, 0.3) is 0 Å². The van der Waals surface area contributed by atoms with Crippen molar-refractivity contribution in [1.82, 2.24) is 10.6 Å². The number of hydrogen-bond donors (Lipinski definition) is 2. The molecule has 2 N–H and O–H groups in total. The molecule has 0 aliphatic carbocycles. The molecule has 0 aromatic heterocycles. The molecule has 2 rings (SSSR count). The van der Waals surface area contributed by atoms with E-state index in [-0.39, 0.29) is 35.4 Å². The van der Waals surface area contributed by atoms with E-state index in [4.69, 9.17) is 17.0 Å². The molecule has 1 fully saturated rings. The first-order valence-corrected chi connectivity index (χ1v) is 9.81. The number of unbranched alkanes of at least 4 members (excludes halogenated alkanes) is 3. The normalized spacial score (nSPS) is 19.0. The first-order valence-electron chi connectivity index (χ1n) is 9.40. The number of rotatable bonds is 9. The molecule has 1 aromatic carbocycles. The lowest BCUT2D eigenvalue weighted by atomic mass is 9.98. The van der Waals surface area contributed by atoms with Crippen molar-refractivity contribution in [3.63, 3.8) is 0 Å². The third-order valence-electron chi connectivity index (χ3n) is 4.52. The standard InChI is InChI=1S/C20H28N2O3S/c1-2-3-4-8-11-17-12-16(19(24)25-17)13-18(23)22-20(26)21-14-15-9-6-5-7-10-15/h5-7,9-10,16-17H,2-4,8,11-14H2,1H3,(H2,21,22,23,26). The number of carbonyl (C=O) groups excluding carboxylic acids is 2. The van der Waals surface area contributed by atoms with Crippen LogP contribution >= 0.6 is 12.2 Å². The highest BCUT2D eigenvalue weighted by Gasteiger charge is 2.35. The zero-order chi connectivity index (χ0) is 18.8. The summed E-state index contributed by atoms with van der Waals surface area (Å²) in [5.41, 5.74) is 1.08. The molecule has 2 unspecified atom stereocenters. The van der Waals surface area contributed by atoms with Crippen LogP contribution in [0.5, 0.6) is 0 Å². The minimum absolute atomic E-state index is 0.0414. The molecule has 26 heavy (non-hydrogen) atoms. The van der Waals surface area contributed by atoms with Crippen LogP contribution in [0, 0.1) is 5.92 Å². The maximum absolute atomic E-state index is 12.1. The molecule has 0 radical (unpaired) electrons. The van der Waals surface area contributed by atoms with Gasteiger partial charge in [0.2, 0.25) is 5.91 Å². The molecule has 1 heterocycles. The van der Waals surface area contributed by atoms with Gasteiger partial charge in [0.05, 0.1) is 5.92 Å². The fourth-order valence-corrected chi connectivity index (χ4v) is 3.27. The summed E-state index contributed by atoms with van der Waals surface area (Å²) in [4.78, 5) is 24.1. The van der Waals surface area contributed by atoms with Crippen LogP contribution in [-0.2, 0) is 20.9 Å². The van der Waals surface area contributed by atoms with Crippen LogP contribution in [0.3, 0.4) is 0 Å². The maximum atomic E-state index is 12.1. The number of thiocarbonyl (C=S) groups is 1. The average Bonchev–Trinajstić information content (AvgIpc) is 2.97. The van der Waals surface area contributed by atoms with E-state index >= 15 is 0 Å². The Hall–Kier alpha value is -1.95. The zero-order valence-corrected chi connectivity index (χ0v) is 16.1. The van der Waals surface area contributed by atoms with E-state index in [2.05, 4.69) is 17.6 Å². The van der Waals surface area contributed by atoms with Crippen molar-refractivity contribution in [3.05, 3.63) is 35.9 Å². The van der Waals surface area contributed by atoms with Crippen LogP contribution in [0.4, 0.5) is 0 Å². The second-order valence-electron chi connectivity index (χ2n) is 6.76. The highest BCUT2D eigenvalue weighted by Crippen LogP contribution is 2.27. The minimum Gasteiger partial charge on any atom is -0.462 e.